The summed E-state index contributed by atoms with van der Waals surface area (Å²) in [6.07, 6.45) is 13.8. The second-order valence-electron chi connectivity index (χ2n) is 3.88. The van der Waals surface area contributed by atoms with E-state index >= 15 is 0 Å². The van der Waals surface area contributed by atoms with Crippen LogP contribution in [0.4, 0.5) is 0 Å². The zero-order valence-corrected chi connectivity index (χ0v) is 7.68. The molecule has 0 aromatic heterocycles. The highest BCUT2D eigenvalue weighted by molar-refractivity contribution is 5.96. The van der Waals surface area contributed by atoms with Crippen LogP contribution < -0.4 is 5.32 Å². The Morgan fingerprint density at radius 3 is 2.93 bits per heavy atom. The second kappa shape index (κ2) is 2.71. The molecular weight excluding hydrogens is 174 g/mol. The minimum Gasteiger partial charge on any atom is -0.381 e. The molecule has 0 spiro atoms. The zero-order valence-electron chi connectivity index (χ0n) is 7.68. The highest BCUT2D eigenvalue weighted by Crippen LogP contribution is 2.36. The average Bonchev–Trinajstić information content (AvgIpc) is 2.57. The molecule has 1 aliphatic heterocycles. The van der Waals surface area contributed by atoms with Gasteiger partial charge in [0.15, 0.2) is 5.78 Å². The van der Waals surface area contributed by atoms with Crippen molar-refractivity contribution in [3.63, 3.8) is 0 Å². The summed E-state index contributed by atoms with van der Waals surface area (Å²) < 4.78 is 0. The van der Waals surface area contributed by atoms with E-state index in [1.165, 1.54) is 0 Å². The molecule has 1 fully saturated rings. The summed E-state index contributed by atoms with van der Waals surface area (Å²) in [6, 6.07) is 0.306. The summed E-state index contributed by atoms with van der Waals surface area (Å²) in [7, 11) is 0. The fourth-order valence-corrected chi connectivity index (χ4v) is 2.42. The van der Waals surface area contributed by atoms with Crippen molar-refractivity contribution in [2.24, 2.45) is 11.8 Å². The third-order valence-electron chi connectivity index (χ3n) is 3.07. The lowest BCUT2D eigenvalue weighted by Crippen LogP contribution is -2.25. The molecule has 0 amide bonds. The molecule has 0 radical (unpaired) electrons. The molecule has 2 heteroatoms. The number of carbonyl (C=O) groups excluding carboxylic acids is 1. The molecule has 2 aliphatic carbocycles. The smallest absolute Gasteiger partial charge is 0.165 e. The Kier molecular flexibility index (Phi) is 1.51. The van der Waals surface area contributed by atoms with Crippen molar-refractivity contribution in [3.05, 3.63) is 48.2 Å². The van der Waals surface area contributed by atoms with Crippen LogP contribution in [0.2, 0.25) is 0 Å². The maximum atomic E-state index is 11.7. The van der Waals surface area contributed by atoms with Crippen molar-refractivity contribution < 1.29 is 4.79 Å². The van der Waals surface area contributed by atoms with Crippen LogP contribution in [-0.2, 0) is 4.79 Å². The van der Waals surface area contributed by atoms with Crippen LogP contribution >= 0.6 is 0 Å². The van der Waals surface area contributed by atoms with Gasteiger partial charge >= 0.3 is 0 Å². The molecule has 0 aromatic rings. The van der Waals surface area contributed by atoms with E-state index < -0.39 is 0 Å². The van der Waals surface area contributed by atoms with Gasteiger partial charge in [0.2, 0.25) is 0 Å². The molecule has 3 atom stereocenters. The molecule has 2 nitrogen and oxygen atoms in total. The Morgan fingerprint density at radius 2 is 2.00 bits per heavy atom. The normalized spacial score (nSPS) is 37.6. The maximum Gasteiger partial charge on any atom is 0.165 e. The molecule has 1 N–H and O–H groups in total. The summed E-state index contributed by atoms with van der Waals surface area (Å²) in [6.45, 7) is 0. The topological polar surface area (TPSA) is 29.1 Å². The summed E-state index contributed by atoms with van der Waals surface area (Å²) in [5.41, 5.74) is 1.07. The van der Waals surface area contributed by atoms with E-state index in [1.54, 1.807) is 6.08 Å². The second-order valence-corrected chi connectivity index (χ2v) is 3.88. The fourth-order valence-electron chi connectivity index (χ4n) is 2.42. The minimum atomic E-state index is 0.0335. The number of nitrogens with one attached hydrogen (secondary N) is 1. The first-order chi connectivity index (χ1) is 6.86. The molecule has 1 heterocycles. The van der Waals surface area contributed by atoms with Crippen molar-refractivity contribution in [1.29, 1.82) is 0 Å². The van der Waals surface area contributed by atoms with Crippen molar-refractivity contribution >= 4 is 5.78 Å². The molecule has 3 rings (SSSR count). The predicted molar refractivity (Wildman–Crippen MR) is 54.4 cm³/mol. The van der Waals surface area contributed by atoms with Gasteiger partial charge in [0.05, 0.1) is 12.0 Å². The zero-order chi connectivity index (χ0) is 9.54. The minimum absolute atomic E-state index is 0.0335. The summed E-state index contributed by atoms with van der Waals surface area (Å²) in [5.74, 6) is 0.567. The average molecular weight is 185 g/mol. The Bertz CT molecular complexity index is 401. The summed E-state index contributed by atoms with van der Waals surface area (Å²) in [5, 5.41) is 3.38. The van der Waals surface area contributed by atoms with Gasteiger partial charge in [0.1, 0.15) is 0 Å². The predicted octanol–water partition coefficient (Wildman–Crippen LogP) is 1.34. The molecule has 70 valence electrons. The van der Waals surface area contributed by atoms with E-state index in [4.69, 9.17) is 0 Å². The van der Waals surface area contributed by atoms with Crippen LogP contribution in [0.5, 0.6) is 0 Å². The van der Waals surface area contributed by atoms with E-state index in [0.717, 1.165) is 5.70 Å². The fraction of sp³-hybridized carbons (Fsp3) is 0.250. The van der Waals surface area contributed by atoms with Gasteiger partial charge in [-0.25, -0.2) is 0 Å². The third kappa shape index (κ3) is 0.939. The van der Waals surface area contributed by atoms with E-state index in [0.29, 0.717) is 12.0 Å². The molecule has 0 bridgehead atoms. The van der Waals surface area contributed by atoms with Crippen LogP contribution in [0.25, 0.3) is 0 Å². The Labute approximate surface area is 82.7 Å². The van der Waals surface area contributed by atoms with E-state index in [9.17, 15) is 4.79 Å². The SMILES string of the molecule is O=C1C=CC=C2NC3C=CC=CC3C12. The van der Waals surface area contributed by atoms with Gasteiger partial charge in [-0.15, -0.1) is 0 Å². The highest BCUT2D eigenvalue weighted by atomic mass is 16.1. The van der Waals surface area contributed by atoms with Crippen LogP contribution in [-0.4, -0.2) is 11.8 Å². The third-order valence-corrected chi connectivity index (χ3v) is 3.07. The molecule has 0 saturated carbocycles. The lowest BCUT2D eigenvalue weighted by molar-refractivity contribution is -0.117. The van der Waals surface area contributed by atoms with E-state index in [2.05, 4.69) is 17.5 Å². The van der Waals surface area contributed by atoms with Gasteiger partial charge in [0, 0.05) is 11.6 Å². The quantitative estimate of drug-likeness (QED) is 0.617. The molecular formula is C12H11NO. The van der Waals surface area contributed by atoms with Gasteiger partial charge in [-0.05, 0) is 12.2 Å². The molecule has 14 heavy (non-hydrogen) atoms. The number of hydrogen-bond donors (Lipinski definition) is 1. The van der Waals surface area contributed by atoms with E-state index in [1.807, 2.05) is 24.3 Å². The number of rotatable bonds is 0. The number of ketones is 1. The standard InChI is InChI=1S/C12H11NO/c14-11-7-3-6-10-12(11)8-4-1-2-5-9(8)13-10/h1-9,12-13H. The lowest BCUT2D eigenvalue weighted by Gasteiger charge is -2.18. The monoisotopic (exact) mass is 185 g/mol. The number of carbonyl (C=O) groups is 1. The summed E-state index contributed by atoms with van der Waals surface area (Å²) >= 11 is 0. The van der Waals surface area contributed by atoms with Gasteiger partial charge in [-0.3, -0.25) is 4.79 Å². The van der Waals surface area contributed by atoms with Gasteiger partial charge in [0.25, 0.3) is 0 Å². The number of fused-ring (bicyclic) bond motifs is 3. The maximum absolute atomic E-state index is 11.7. The van der Waals surface area contributed by atoms with Gasteiger partial charge in [-0.2, -0.15) is 0 Å². The Balaban J connectivity index is 2.03. The largest absolute Gasteiger partial charge is 0.381 e. The summed E-state index contributed by atoms with van der Waals surface area (Å²) in [4.78, 5) is 11.7. The molecule has 0 aromatic carbocycles. The van der Waals surface area contributed by atoms with Crippen LogP contribution in [0.1, 0.15) is 0 Å². The highest BCUT2D eigenvalue weighted by Gasteiger charge is 2.41. The molecule has 1 saturated heterocycles. The lowest BCUT2D eigenvalue weighted by atomic mass is 9.82. The van der Waals surface area contributed by atoms with Gasteiger partial charge in [-0.1, -0.05) is 30.4 Å². The first kappa shape index (κ1) is 7.80. The Hall–Kier alpha value is -1.57. The number of allylic oxidation sites excluding steroid dienone is 6. The Morgan fingerprint density at radius 1 is 1.14 bits per heavy atom. The van der Waals surface area contributed by atoms with Crippen LogP contribution in [0.15, 0.2) is 48.2 Å². The van der Waals surface area contributed by atoms with E-state index in [-0.39, 0.29) is 11.7 Å². The van der Waals surface area contributed by atoms with Crippen molar-refractivity contribution in [1.82, 2.24) is 5.32 Å². The number of hydrogen-bond acceptors (Lipinski definition) is 2. The van der Waals surface area contributed by atoms with Gasteiger partial charge < -0.3 is 5.32 Å². The van der Waals surface area contributed by atoms with Crippen LogP contribution in [0.3, 0.4) is 0 Å². The van der Waals surface area contributed by atoms with Crippen LogP contribution in [0, 0.1) is 11.8 Å². The van der Waals surface area contributed by atoms with Crippen molar-refractivity contribution in [2.45, 2.75) is 6.04 Å². The molecule has 3 aliphatic rings. The first-order valence-electron chi connectivity index (χ1n) is 4.90. The van der Waals surface area contributed by atoms with Crippen molar-refractivity contribution in [2.75, 3.05) is 0 Å². The first-order valence-corrected chi connectivity index (χ1v) is 4.90. The molecule has 3 unspecified atom stereocenters. The van der Waals surface area contributed by atoms with Crippen molar-refractivity contribution in [3.8, 4) is 0 Å².